The predicted molar refractivity (Wildman–Crippen MR) is 68.8 cm³/mol. The Bertz CT molecular complexity index is 231. The molecule has 0 heterocycles. The maximum Gasteiger partial charge on any atom is 0.222 e. The van der Waals surface area contributed by atoms with Gasteiger partial charge in [0.2, 0.25) is 5.91 Å². The number of aliphatic hydroxyl groups excluding tert-OH is 1. The van der Waals surface area contributed by atoms with Gasteiger partial charge in [-0.05, 0) is 44.7 Å². The number of carbonyl (C=O) groups is 1. The van der Waals surface area contributed by atoms with Gasteiger partial charge in [-0.3, -0.25) is 4.79 Å². The highest BCUT2D eigenvalue weighted by Crippen LogP contribution is 2.23. The molecule has 2 atom stereocenters. The maximum absolute atomic E-state index is 11.3. The molecule has 1 amide bonds. The molecular weight excluding hydrogens is 216 g/mol. The number of hydrogen-bond donors (Lipinski definition) is 2. The molecule has 1 saturated carbocycles. The van der Waals surface area contributed by atoms with Gasteiger partial charge in [0.05, 0.1) is 6.10 Å². The molecule has 4 heteroatoms. The summed E-state index contributed by atoms with van der Waals surface area (Å²) >= 11 is 0. The Labute approximate surface area is 104 Å². The summed E-state index contributed by atoms with van der Waals surface area (Å²) in [5.41, 5.74) is 0. The molecule has 0 aliphatic heterocycles. The molecule has 1 aliphatic rings. The van der Waals surface area contributed by atoms with Crippen molar-refractivity contribution in [3.63, 3.8) is 0 Å². The van der Waals surface area contributed by atoms with Gasteiger partial charge in [-0.15, -0.1) is 0 Å². The van der Waals surface area contributed by atoms with E-state index in [1.165, 1.54) is 6.42 Å². The van der Waals surface area contributed by atoms with Crippen LogP contribution >= 0.6 is 0 Å². The number of hydrogen-bond acceptors (Lipinski definition) is 3. The summed E-state index contributed by atoms with van der Waals surface area (Å²) in [5.74, 6) is 0.809. The number of nitrogens with zero attached hydrogens (tertiary/aromatic N) is 1. The minimum atomic E-state index is -0.0918. The Balaban J connectivity index is 1.98. The Morgan fingerprint density at radius 3 is 2.82 bits per heavy atom. The number of aliphatic hydroxyl groups is 1. The first-order valence-corrected chi connectivity index (χ1v) is 6.68. The minimum absolute atomic E-state index is 0.0918. The quantitative estimate of drug-likeness (QED) is 0.683. The highest BCUT2D eigenvalue weighted by molar-refractivity contribution is 5.75. The molecule has 0 radical (unpaired) electrons. The van der Waals surface area contributed by atoms with E-state index in [0.717, 1.165) is 38.8 Å². The third-order valence-electron chi connectivity index (χ3n) is 3.43. The summed E-state index contributed by atoms with van der Waals surface area (Å²) < 4.78 is 0. The van der Waals surface area contributed by atoms with Gasteiger partial charge in [0, 0.05) is 20.5 Å². The van der Waals surface area contributed by atoms with Gasteiger partial charge < -0.3 is 15.3 Å². The fraction of sp³-hybridized carbons (Fsp3) is 0.923. The van der Waals surface area contributed by atoms with Crippen LogP contribution in [0.2, 0.25) is 0 Å². The van der Waals surface area contributed by atoms with E-state index in [1.54, 1.807) is 19.0 Å². The molecular formula is C13H26N2O2. The first-order chi connectivity index (χ1) is 8.09. The molecule has 4 nitrogen and oxygen atoms in total. The van der Waals surface area contributed by atoms with E-state index in [4.69, 9.17) is 0 Å². The van der Waals surface area contributed by atoms with Crippen LogP contribution in [0.3, 0.4) is 0 Å². The van der Waals surface area contributed by atoms with Crippen molar-refractivity contribution < 1.29 is 9.90 Å². The molecule has 0 aromatic carbocycles. The van der Waals surface area contributed by atoms with E-state index in [-0.39, 0.29) is 12.0 Å². The molecule has 1 rings (SSSR count). The third kappa shape index (κ3) is 6.03. The topological polar surface area (TPSA) is 52.6 Å². The van der Waals surface area contributed by atoms with Crippen LogP contribution in [0.5, 0.6) is 0 Å². The van der Waals surface area contributed by atoms with E-state index in [2.05, 4.69) is 5.32 Å². The zero-order valence-corrected chi connectivity index (χ0v) is 11.1. The normalized spacial score (nSPS) is 24.6. The number of carbonyl (C=O) groups excluding carboxylic acids is 1. The Kier molecular flexibility index (Phi) is 6.52. The zero-order chi connectivity index (χ0) is 12.7. The lowest BCUT2D eigenvalue weighted by Gasteiger charge is -2.26. The van der Waals surface area contributed by atoms with E-state index >= 15 is 0 Å². The van der Waals surface area contributed by atoms with Crippen molar-refractivity contribution in [3.05, 3.63) is 0 Å². The minimum Gasteiger partial charge on any atom is -0.393 e. The third-order valence-corrected chi connectivity index (χ3v) is 3.43. The van der Waals surface area contributed by atoms with Crippen molar-refractivity contribution in [1.29, 1.82) is 0 Å². The van der Waals surface area contributed by atoms with Crippen molar-refractivity contribution in [2.24, 2.45) is 5.92 Å². The van der Waals surface area contributed by atoms with Gasteiger partial charge in [0.25, 0.3) is 0 Å². The lowest BCUT2D eigenvalue weighted by Crippen LogP contribution is -2.30. The van der Waals surface area contributed by atoms with Crippen LogP contribution in [0.25, 0.3) is 0 Å². The van der Waals surface area contributed by atoms with Gasteiger partial charge >= 0.3 is 0 Å². The van der Waals surface area contributed by atoms with Gasteiger partial charge in [-0.1, -0.05) is 6.42 Å². The SMILES string of the molecule is CN(C)C(=O)CCCNCC1CCCC(O)C1. The standard InChI is InChI=1S/C13H26N2O2/c1-15(2)13(17)7-4-8-14-10-11-5-3-6-12(16)9-11/h11-12,14,16H,3-10H2,1-2H3. The van der Waals surface area contributed by atoms with Gasteiger partial charge in [-0.25, -0.2) is 0 Å². The molecule has 1 fully saturated rings. The van der Waals surface area contributed by atoms with Crippen LogP contribution in [-0.4, -0.2) is 49.2 Å². The van der Waals surface area contributed by atoms with Crippen molar-refractivity contribution in [1.82, 2.24) is 10.2 Å². The maximum atomic E-state index is 11.3. The van der Waals surface area contributed by atoms with E-state index < -0.39 is 0 Å². The Hall–Kier alpha value is -0.610. The van der Waals surface area contributed by atoms with E-state index in [0.29, 0.717) is 12.3 Å². The molecule has 0 saturated heterocycles. The Morgan fingerprint density at radius 2 is 2.18 bits per heavy atom. The predicted octanol–water partition coefficient (Wildman–Crippen LogP) is 0.995. The molecule has 2 unspecified atom stereocenters. The zero-order valence-electron chi connectivity index (χ0n) is 11.1. The molecule has 1 aliphatic carbocycles. The highest BCUT2D eigenvalue weighted by Gasteiger charge is 2.19. The molecule has 0 spiro atoms. The van der Waals surface area contributed by atoms with Crippen LogP contribution in [0, 0.1) is 5.92 Å². The van der Waals surface area contributed by atoms with Crippen molar-refractivity contribution in [3.8, 4) is 0 Å². The fourth-order valence-electron chi connectivity index (χ4n) is 2.34. The molecule has 2 N–H and O–H groups in total. The molecule has 0 aromatic rings. The highest BCUT2D eigenvalue weighted by atomic mass is 16.3. The molecule has 17 heavy (non-hydrogen) atoms. The second-order valence-electron chi connectivity index (χ2n) is 5.28. The monoisotopic (exact) mass is 242 g/mol. The number of rotatable bonds is 6. The van der Waals surface area contributed by atoms with Crippen LogP contribution in [0.4, 0.5) is 0 Å². The summed E-state index contributed by atoms with van der Waals surface area (Å²) in [5, 5.41) is 12.9. The van der Waals surface area contributed by atoms with Crippen molar-refractivity contribution in [2.45, 2.75) is 44.6 Å². The first-order valence-electron chi connectivity index (χ1n) is 6.68. The second-order valence-corrected chi connectivity index (χ2v) is 5.28. The largest absolute Gasteiger partial charge is 0.393 e. The summed E-state index contributed by atoms with van der Waals surface area (Å²) in [6, 6.07) is 0. The molecule has 100 valence electrons. The summed E-state index contributed by atoms with van der Waals surface area (Å²) in [7, 11) is 3.58. The average Bonchev–Trinajstić information content (AvgIpc) is 2.28. The van der Waals surface area contributed by atoms with Crippen LogP contribution < -0.4 is 5.32 Å². The molecule has 0 bridgehead atoms. The van der Waals surface area contributed by atoms with Crippen LogP contribution in [0.15, 0.2) is 0 Å². The van der Waals surface area contributed by atoms with Crippen molar-refractivity contribution in [2.75, 3.05) is 27.2 Å². The van der Waals surface area contributed by atoms with E-state index in [1.807, 2.05) is 0 Å². The molecule has 0 aromatic heterocycles. The first kappa shape index (κ1) is 14.5. The van der Waals surface area contributed by atoms with E-state index in [9.17, 15) is 9.90 Å². The lowest BCUT2D eigenvalue weighted by molar-refractivity contribution is -0.128. The summed E-state index contributed by atoms with van der Waals surface area (Å²) in [4.78, 5) is 13.0. The summed E-state index contributed by atoms with van der Waals surface area (Å²) in [6.45, 7) is 1.87. The number of nitrogens with one attached hydrogen (secondary N) is 1. The average molecular weight is 242 g/mol. The van der Waals surface area contributed by atoms with Gasteiger partial charge in [0.1, 0.15) is 0 Å². The smallest absolute Gasteiger partial charge is 0.222 e. The van der Waals surface area contributed by atoms with Gasteiger partial charge in [-0.2, -0.15) is 0 Å². The van der Waals surface area contributed by atoms with Crippen LogP contribution in [0.1, 0.15) is 38.5 Å². The van der Waals surface area contributed by atoms with Crippen LogP contribution in [-0.2, 0) is 4.79 Å². The fourth-order valence-corrected chi connectivity index (χ4v) is 2.34. The number of amides is 1. The van der Waals surface area contributed by atoms with Gasteiger partial charge in [0.15, 0.2) is 0 Å². The van der Waals surface area contributed by atoms with Crippen molar-refractivity contribution >= 4 is 5.91 Å². The second kappa shape index (κ2) is 7.67. The summed E-state index contributed by atoms with van der Waals surface area (Å²) in [6.07, 6.45) is 5.69. The lowest BCUT2D eigenvalue weighted by atomic mass is 9.87. The Morgan fingerprint density at radius 1 is 1.41 bits per heavy atom.